The first-order valence-electron chi connectivity index (χ1n) is 5.86. The van der Waals surface area contributed by atoms with Gasteiger partial charge in [-0.05, 0) is 37.1 Å². The van der Waals surface area contributed by atoms with Crippen molar-refractivity contribution in [3.05, 3.63) is 28.8 Å². The van der Waals surface area contributed by atoms with Crippen LogP contribution in [0.25, 0.3) is 0 Å². The Hall–Kier alpha value is -2.04. The molecule has 96 valence electrons. The Labute approximate surface area is 106 Å². The van der Waals surface area contributed by atoms with Crippen LogP contribution in [0.3, 0.4) is 0 Å². The molecule has 0 aromatic heterocycles. The summed E-state index contributed by atoms with van der Waals surface area (Å²) in [5.41, 5.74) is 3.54. The van der Waals surface area contributed by atoms with Crippen molar-refractivity contribution in [3.63, 3.8) is 0 Å². The van der Waals surface area contributed by atoms with Gasteiger partial charge in [0.2, 0.25) is 0 Å². The van der Waals surface area contributed by atoms with Crippen molar-refractivity contribution in [1.29, 1.82) is 0 Å². The maximum absolute atomic E-state index is 11.5. The maximum Gasteiger partial charge on any atom is 0.337 e. The third-order valence-corrected chi connectivity index (χ3v) is 2.87. The zero-order chi connectivity index (χ0) is 13.1. The zero-order valence-electron chi connectivity index (χ0n) is 10.8. The lowest BCUT2D eigenvalue weighted by molar-refractivity contribution is 0.0600. The summed E-state index contributed by atoms with van der Waals surface area (Å²) in [4.78, 5) is 15.8. The molecule has 0 bridgehead atoms. The summed E-state index contributed by atoms with van der Waals surface area (Å²) >= 11 is 0. The van der Waals surface area contributed by atoms with Gasteiger partial charge in [-0.3, -0.25) is 4.99 Å². The van der Waals surface area contributed by atoms with Gasteiger partial charge in [0.1, 0.15) is 0 Å². The predicted octanol–water partition coefficient (Wildman–Crippen LogP) is 1.46. The van der Waals surface area contributed by atoms with Crippen LogP contribution in [0.1, 0.15) is 21.5 Å². The molecule has 0 fully saturated rings. The summed E-state index contributed by atoms with van der Waals surface area (Å²) in [6, 6.07) is 3.63. The number of nitrogens with zero attached hydrogens (tertiary/aromatic N) is 1. The number of hydrogen-bond donors (Lipinski definition) is 2. The van der Waals surface area contributed by atoms with Crippen molar-refractivity contribution in [2.45, 2.75) is 13.8 Å². The highest BCUT2D eigenvalue weighted by molar-refractivity contribution is 5.97. The van der Waals surface area contributed by atoms with E-state index in [1.165, 1.54) is 7.11 Å². The van der Waals surface area contributed by atoms with E-state index in [9.17, 15) is 4.79 Å². The second-order valence-electron chi connectivity index (χ2n) is 4.26. The number of methoxy groups -OCH3 is 1. The van der Waals surface area contributed by atoms with Crippen LogP contribution in [-0.4, -0.2) is 32.1 Å². The summed E-state index contributed by atoms with van der Waals surface area (Å²) in [6.07, 6.45) is 0. The van der Waals surface area contributed by atoms with Gasteiger partial charge in [-0.25, -0.2) is 4.79 Å². The van der Waals surface area contributed by atoms with Crippen molar-refractivity contribution in [1.82, 2.24) is 5.32 Å². The van der Waals surface area contributed by atoms with Crippen molar-refractivity contribution < 1.29 is 9.53 Å². The molecule has 0 radical (unpaired) electrons. The van der Waals surface area contributed by atoms with E-state index in [-0.39, 0.29) is 5.97 Å². The lowest BCUT2D eigenvalue weighted by Gasteiger charge is -2.14. The Morgan fingerprint density at radius 1 is 1.39 bits per heavy atom. The van der Waals surface area contributed by atoms with Crippen LogP contribution in [0, 0.1) is 13.8 Å². The molecule has 18 heavy (non-hydrogen) atoms. The van der Waals surface area contributed by atoms with E-state index in [0.29, 0.717) is 5.56 Å². The molecule has 0 spiro atoms. The van der Waals surface area contributed by atoms with Crippen molar-refractivity contribution >= 4 is 17.6 Å². The van der Waals surface area contributed by atoms with Crippen LogP contribution in [0.2, 0.25) is 0 Å². The average molecular weight is 247 g/mol. The fourth-order valence-corrected chi connectivity index (χ4v) is 2.00. The largest absolute Gasteiger partial charge is 0.465 e. The predicted molar refractivity (Wildman–Crippen MR) is 71.2 cm³/mol. The molecule has 1 aromatic carbocycles. The summed E-state index contributed by atoms with van der Waals surface area (Å²) in [5, 5.41) is 6.40. The SMILES string of the molecule is COC(=O)c1cc(C)c(NC2=NCCN2)c(C)c1. The van der Waals surface area contributed by atoms with Gasteiger partial charge >= 0.3 is 5.97 Å². The minimum Gasteiger partial charge on any atom is -0.465 e. The molecule has 0 saturated heterocycles. The summed E-state index contributed by atoms with van der Waals surface area (Å²) in [7, 11) is 1.39. The number of hydrogen-bond acceptors (Lipinski definition) is 5. The fourth-order valence-electron chi connectivity index (χ4n) is 2.00. The summed E-state index contributed by atoms with van der Waals surface area (Å²) in [5.74, 6) is 0.469. The minimum atomic E-state index is -0.316. The quantitative estimate of drug-likeness (QED) is 0.777. The van der Waals surface area contributed by atoms with Crippen molar-refractivity contribution in [2.75, 3.05) is 25.5 Å². The summed E-state index contributed by atoms with van der Waals surface area (Å²) in [6.45, 7) is 5.57. The third-order valence-electron chi connectivity index (χ3n) is 2.87. The second kappa shape index (κ2) is 5.08. The minimum absolute atomic E-state index is 0.316. The molecule has 0 unspecified atom stereocenters. The highest BCUT2D eigenvalue weighted by Gasteiger charge is 2.13. The number of aryl methyl sites for hydroxylation is 2. The lowest BCUT2D eigenvalue weighted by Crippen LogP contribution is -2.27. The number of ether oxygens (including phenoxy) is 1. The molecule has 5 heteroatoms. The Kier molecular flexibility index (Phi) is 3.50. The molecule has 1 heterocycles. The number of anilines is 1. The normalized spacial score (nSPS) is 13.8. The first-order valence-corrected chi connectivity index (χ1v) is 5.86. The standard InChI is InChI=1S/C13H17N3O2/c1-8-6-10(12(17)18-3)7-9(2)11(8)16-13-14-4-5-15-13/h6-7H,4-5H2,1-3H3,(H2,14,15,16). The van der Waals surface area contributed by atoms with Crippen molar-refractivity contribution in [3.8, 4) is 0 Å². The molecule has 1 aromatic rings. The molecule has 0 amide bonds. The Morgan fingerprint density at radius 3 is 2.56 bits per heavy atom. The Balaban J connectivity index is 2.28. The van der Waals surface area contributed by atoms with Gasteiger partial charge in [0.25, 0.3) is 0 Å². The number of nitrogens with one attached hydrogen (secondary N) is 2. The smallest absolute Gasteiger partial charge is 0.337 e. The molecule has 1 aliphatic heterocycles. The molecule has 1 aliphatic rings. The van der Waals surface area contributed by atoms with E-state index in [2.05, 4.69) is 15.6 Å². The van der Waals surface area contributed by atoms with E-state index >= 15 is 0 Å². The average Bonchev–Trinajstić information content (AvgIpc) is 2.85. The van der Waals surface area contributed by atoms with E-state index in [1.807, 2.05) is 26.0 Å². The number of guanidine groups is 1. The lowest BCUT2D eigenvalue weighted by atomic mass is 10.0. The van der Waals surface area contributed by atoms with Gasteiger partial charge in [-0.1, -0.05) is 0 Å². The van der Waals surface area contributed by atoms with Crippen LogP contribution in [0.5, 0.6) is 0 Å². The third kappa shape index (κ3) is 2.45. The second-order valence-corrected chi connectivity index (χ2v) is 4.26. The number of esters is 1. The van der Waals surface area contributed by atoms with Gasteiger partial charge < -0.3 is 15.4 Å². The van der Waals surface area contributed by atoms with Crippen LogP contribution in [0.15, 0.2) is 17.1 Å². The Bertz CT molecular complexity index is 486. The first-order chi connectivity index (χ1) is 8.61. The number of rotatable bonds is 2. The molecule has 2 rings (SSSR count). The van der Waals surface area contributed by atoms with Crippen molar-refractivity contribution in [2.24, 2.45) is 4.99 Å². The topological polar surface area (TPSA) is 62.7 Å². The first kappa shape index (κ1) is 12.4. The molecule has 5 nitrogen and oxygen atoms in total. The van der Waals surface area contributed by atoms with Gasteiger partial charge in [-0.2, -0.15) is 0 Å². The van der Waals surface area contributed by atoms with E-state index in [1.54, 1.807) is 0 Å². The van der Waals surface area contributed by atoms with Crippen LogP contribution >= 0.6 is 0 Å². The number of carbonyl (C=O) groups is 1. The number of benzene rings is 1. The molecular weight excluding hydrogens is 230 g/mol. The van der Waals surface area contributed by atoms with Crippen LogP contribution in [-0.2, 0) is 4.74 Å². The molecule has 0 atom stereocenters. The number of carbonyl (C=O) groups excluding carboxylic acids is 1. The summed E-state index contributed by atoms with van der Waals surface area (Å²) < 4.78 is 4.72. The maximum atomic E-state index is 11.5. The Morgan fingerprint density at radius 2 is 2.06 bits per heavy atom. The van der Waals surface area contributed by atoms with Crippen LogP contribution in [0.4, 0.5) is 5.69 Å². The molecule has 0 aliphatic carbocycles. The van der Waals surface area contributed by atoms with E-state index in [4.69, 9.17) is 4.74 Å². The molecule has 2 N–H and O–H groups in total. The van der Waals surface area contributed by atoms with Gasteiger partial charge in [0, 0.05) is 12.2 Å². The van der Waals surface area contributed by atoms with E-state index in [0.717, 1.165) is 35.9 Å². The van der Waals surface area contributed by atoms with Gasteiger partial charge in [0.15, 0.2) is 5.96 Å². The number of aliphatic imine (C=N–C) groups is 1. The highest BCUT2D eigenvalue weighted by Crippen LogP contribution is 2.22. The van der Waals surface area contributed by atoms with Gasteiger partial charge in [-0.15, -0.1) is 0 Å². The monoisotopic (exact) mass is 247 g/mol. The highest BCUT2D eigenvalue weighted by atomic mass is 16.5. The molecular formula is C13H17N3O2. The molecule has 0 saturated carbocycles. The fraction of sp³-hybridized carbons (Fsp3) is 0.385. The van der Waals surface area contributed by atoms with E-state index < -0.39 is 0 Å². The van der Waals surface area contributed by atoms with Gasteiger partial charge in [0.05, 0.1) is 19.2 Å². The van der Waals surface area contributed by atoms with Crippen LogP contribution < -0.4 is 10.6 Å². The zero-order valence-corrected chi connectivity index (χ0v) is 10.8.